The van der Waals surface area contributed by atoms with Crippen molar-refractivity contribution in [3.63, 3.8) is 0 Å². The van der Waals surface area contributed by atoms with Crippen LogP contribution in [0.3, 0.4) is 0 Å². The zero-order valence-corrected chi connectivity index (χ0v) is 18.5. The molecule has 0 N–H and O–H groups in total. The summed E-state index contributed by atoms with van der Waals surface area (Å²) in [6, 6.07) is 14.8. The third-order valence-corrected chi connectivity index (χ3v) is 6.92. The van der Waals surface area contributed by atoms with E-state index in [0.717, 1.165) is 34.0 Å². The van der Waals surface area contributed by atoms with Gasteiger partial charge in [-0.3, -0.25) is 9.20 Å². The number of pyridine rings is 1. The fourth-order valence-corrected chi connectivity index (χ4v) is 5.34. The van der Waals surface area contributed by atoms with Crippen LogP contribution in [0.25, 0.3) is 16.6 Å². The Morgan fingerprint density at radius 2 is 1.83 bits per heavy atom. The fourth-order valence-electron chi connectivity index (χ4n) is 4.54. The molecule has 2 aromatic heterocycles. The Morgan fingerprint density at radius 3 is 2.67 bits per heavy atom. The van der Waals surface area contributed by atoms with Gasteiger partial charge in [-0.25, -0.2) is 0 Å². The Bertz CT molecular complexity index is 1310. The molecular formula is C24H24N4OS. The minimum absolute atomic E-state index is 0.110. The molecule has 4 aromatic rings. The van der Waals surface area contributed by atoms with Gasteiger partial charge in [-0.1, -0.05) is 42.1 Å². The molecule has 0 spiro atoms. The zero-order chi connectivity index (χ0) is 21.0. The second-order valence-electron chi connectivity index (χ2n) is 8.16. The first kappa shape index (κ1) is 19.1. The lowest BCUT2D eigenvalue weighted by atomic mass is 10.0. The van der Waals surface area contributed by atoms with Crippen LogP contribution in [0.2, 0.25) is 0 Å². The van der Waals surface area contributed by atoms with Gasteiger partial charge in [0.1, 0.15) is 0 Å². The topological polar surface area (TPSA) is 50.5 Å². The van der Waals surface area contributed by atoms with E-state index in [1.807, 2.05) is 23.1 Å². The van der Waals surface area contributed by atoms with Crippen molar-refractivity contribution < 1.29 is 4.79 Å². The number of carbonyl (C=O) groups is 1. The molecule has 1 aliphatic rings. The summed E-state index contributed by atoms with van der Waals surface area (Å²) in [5, 5.41) is 10.8. The maximum atomic E-state index is 13.1. The molecule has 3 heterocycles. The molecule has 0 unspecified atom stereocenters. The summed E-state index contributed by atoms with van der Waals surface area (Å²) in [5.41, 5.74) is 7.74. The summed E-state index contributed by atoms with van der Waals surface area (Å²) in [6.07, 6.45) is 0.906. The second-order valence-corrected chi connectivity index (χ2v) is 9.11. The van der Waals surface area contributed by atoms with Gasteiger partial charge in [-0.05, 0) is 68.5 Å². The van der Waals surface area contributed by atoms with Crippen LogP contribution in [-0.2, 0) is 11.2 Å². The maximum Gasteiger partial charge on any atom is 0.237 e. The highest BCUT2D eigenvalue weighted by atomic mass is 32.2. The number of anilines is 1. The number of benzene rings is 2. The van der Waals surface area contributed by atoms with Crippen molar-refractivity contribution in [3.8, 4) is 0 Å². The molecule has 0 aliphatic carbocycles. The predicted molar refractivity (Wildman–Crippen MR) is 123 cm³/mol. The maximum absolute atomic E-state index is 13.1. The monoisotopic (exact) mass is 416 g/mol. The summed E-state index contributed by atoms with van der Waals surface area (Å²) in [4.78, 5) is 15.1. The molecule has 5 rings (SSSR count). The molecule has 5 nitrogen and oxygen atoms in total. The van der Waals surface area contributed by atoms with Gasteiger partial charge in [0, 0.05) is 17.1 Å². The summed E-state index contributed by atoms with van der Waals surface area (Å²) in [7, 11) is 0. The molecule has 0 saturated heterocycles. The van der Waals surface area contributed by atoms with E-state index in [-0.39, 0.29) is 11.9 Å². The third-order valence-electron chi connectivity index (χ3n) is 6.01. The number of rotatable bonds is 3. The van der Waals surface area contributed by atoms with Crippen molar-refractivity contribution in [2.75, 3.05) is 10.7 Å². The van der Waals surface area contributed by atoms with Crippen molar-refractivity contribution in [1.29, 1.82) is 0 Å². The quantitative estimate of drug-likeness (QED) is 0.447. The molecule has 0 bridgehead atoms. The first-order chi connectivity index (χ1) is 14.5. The van der Waals surface area contributed by atoms with E-state index < -0.39 is 0 Å². The van der Waals surface area contributed by atoms with E-state index >= 15 is 0 Å². The van der Waals surface area contributed by atoms with E-state index in [9.17, 15) is 4.79 Å². The van der Waals surface area contributed by atoms with Crippen LogP contribution in [-0.4, -0.2) is 32.3 Å². The van der Waals surface area contributed by atoms with Gasteiger partial charge in [0.15, 0.2) is 10.8 Å². The average molecular weight is 417 g/mol. The largest absolute Gasteiger partial charge is 0.308 e. The molecule has 1 amide bonds. The molecule has 1 aliphatic heterocycles. The van der Waals surface area contributed by atoms with Gasteiger partial charge in [0.2, 0.25) is 5.91 Å². The van der Waals surface area contributed by atoms with E-state index in [1.165, 1.54) is 33.8 Å². The number of aryl methyl sites for hydroxylation is 3. The summed E-state index contributed by atoms with van der Waals surface area (Å²) < 4.78 is 2.12. The summed E-state index contributed by atoms with van der Waals surface area (Å²) >= 11 is 1.46. The number of hydrogen-bond acceptors (Lipinski definition) is 4. The van der Waals surface area contributed by atoms with E-state index in [0.29, 0.717) is 5.75 Å². The Morgan fingerprint density at radius 1 is 1.07 bits per heavy atom. The fraction of sp³-hybridized carbons (Fsp3) is 0.292. The molecule has 30 heavy (non-hydrogen) atoms. The average Bonchev–Trinajstić information content (AvgIpc) is 3.30. The van der Waals surface area contributed by atoms with Crippen LogP contribution >= 0.6 is 11.8 Å². The van der Waals surface area contributed by atoms with E-state index in [4.69, 9.17) is 0 Å². The number of carbonyl (C=O) groups excluding carboxylic acids is 1. The highest BCUT2D eigenvalue weighted by molar-refractivity contribution is 7.99. The van der Waals surface area contributed by atoms with Crippen molar-refractivity contribution in [2.45, 2.75) is 45.3 Å². The minimum Gasteiger partial charge on any atom is -0.308 e. The van der Waals surface area contributed by atoms with Crippen LogP contribution in [0.1, 0.15) is 29.2 Å². The standard InChI is InChI=1S/C24H24N4OS/c1-14-9-10-15(2)22-19(14)11-16(3)23-25-26-24(28(22)23)30-13-21(29)27-17(4)12-18-7-5-6-8-20(18)27/h5-11,17H,12-13H2,1-4H3/t17-/m1/s1. The molecule has 0 fully saturated rings. The van der Waals surface area contributed by atoms with Crippen LogP contribution in [0.15, 0.2) is 47.6 Å². The van der Waals surface area contributed by atoms with Gasteiger partial charge < -0.3 is 4.90 Å². The number of fused-ring (bicyclic) bond motifs is 4. The Balaban J connectivity index is 1.51. The SMILES string of the molecule is Cc1ccc(C)c2c1cc(C)c1nnc(SCC(=O)N3c4ccccc4C[C@H]3C)n12. The van der Waals surface area contributed by atoms with Crippen LogP contribution in [0.4, 0.5) is 5.69 Å². The van der Waals surface area contributed by atoms with Crippen LogP contribution in [0.5, 0.6) is 0 Å². The van der Waals surface area contributed by atoms with Gasteiger partial charge in [0.25, 0.3) is 0 Å². The molecule has 6 heteroatoms. The highest BCUT2D eigenvalue weighted by Gasteiger charge is 2.30. The van der Waals surface area contributed by atoms with E-state index in [1.54, 1.807) is 0 Å². The Kier molecular flexibility index (Phi) is 4.54. The van der Waals surface area contributed by atoms with Crippen molar-refractivity contribution >= 4 is 39.9 Å². The third kappa shape index (κ3) is 2.89. The van der Waals surface area contributed by atoms with Crippen molar-refractivity contribution in [2.24, 2.45) is 0 Å². The summed E-state index contributed by atoms with van der Waals surface area (Å²) in [6.45, 7) is 8.41. The Hall–Kier alpha value is -2.86. The molecule has 0 radical (unpaired) electrons. The lowest BCUT2D eigenvalue weighted by molar-refractivity contribution is -0.116. The first-order valence-electron chi connectivity index (χ1n) is 10.2. The number of nitrogens with zero attached hydrogens (tertiary/aromatic N) is 4. The molecule has 152 valence electrons. The van der Waals surface area contributed by atoms with Gasteiger partial charge in [0.05, 0.1) is 11.3 Å². The predicted octanol–water partition coefficient (Wildman–Crippen LogP) is 4.88. The van der Waals surface area contributed by atoms with Gasteiger partial charge in [-0.15, -0.1) is 10.2 Å². The normalized spacial score (nSPS) is 15.9. The molecule has 1 atom stereocenters. The molecule has 2 aromatic carbocycles. The minimum atomic E-state index is 0.110. The van der Waals surface area contributed by atoms with Gasteiger partial charge in [-0.2, -0.15) is 0 Å². The van der Waals surface area contributed by atoms with Gasteiger partial charge >= 0.3 is 0 Å². The summed E-state index contributed by atoms with van der Waals surface area (Å²) in [5.74, 6) is 0.443. The zero-order valence-electron chi connectivity index (χ0n) is 17.6. The number of aromatic nitrogens is 3. The van der Waals surface area contributed by atoms with Crippen molar-refractivity contribution in [3.05, 3.63) is 64.7 Å². The number of para-hydroxylation sites is 1. The van der Waals surface area contributed by atoms with E-state index in [2.05, 4.69) is 66.6 Å². The van der Waals surface area contributed by atoms with Crippen LogP contribution < -0.4 is 4.90 Å². The molecule has 0 saturated carbocycles. The number of thioether (sulfide) groups is 1. The molecular weight excluding hydrogens is 392 g/mol. The van der Waals surface area contributed by atoms with Crippen LogP contribution in [0, 0.1) is 20.8 Å². The smallest absolute Gasteiger partial charge is 0.237 e. The first-order valence-corrected chi connectivity index (χ1v) is 11.2. The lowest BCUT2D eigenvalue weighted by Gasteiger charge is -2.22. The second kappa shape index (κ2) is 7.13. The Labute approximate surface area is 180 Å². The number of hydrogen-bond donors (Lipinski definition) is 0. The highest BCUT2D eigenvalue weighted by Crippen LogP contribution is 2.34. The number of amides is 1. The van der Waals surface area contributed by atoms with Crippen molar-refractivity contribution in [1.82, 2.24) is 14.6 Å². The lowest BCUT2D eigenvalue weighted by Crippen LogP contribution is -2.37.